The number of hydrogen-bond acceptors (Lipinski definition) is 3. The van der Waals surface area contributed by atoms with Gasteiger partial charge in [-0.05, 0) is 19.3 Å². The van der Waals surface area contributed by atoms with Crippen molar-refractivity contribution >= 4 is 5.78 Å². The summed E-state index contributed by atoms with van der Waals surface area (Å²) >= 11 is 0. The molecule has 0 aromatic heterocycles. The first-order valence-electron chi connectivity index (χ1n) is 4.67. The van der Waals surface area contributed by atoms with E-state index in [-0.39, 0.29) is 18.4 Å². The van der Waals surface area contributed by atoms with E-state index in [1.807, 2.05) is 6.92 Å². The maximum Gasteiger partial charge on any atom is 0.174 e. The van der Waals surface area contributed by atoms with Gasteiger partial charge in [-0.3, -0.25) is 4.79 Å². The molecule has 0 aromatic rings. The Morgan fingerprint density at radius 3 is 2.67 bits per heavy atom. The molecule has 1 aliphatic carbocycles. The fraction of sp³-hybridized carbons (Fsp3) is 0.889. The number of Topliss-reactive ketones (excluding diaryl/α,β-unsaturated/α-hetero) is 1. The monoisotopic (exact) mass is 171 g/mol. The third kappa shape index (κ3) is 2.29. The summed E-state index contributed by atoms with van der Waals surface area (Å²) in [6.07, 6.45) is 4.39. The summed E-state index contributed by atoms with van der Waals surface area (Å²) < 4.78 is 0. The lowest BCUT2D eigenvalue weighted by Gasteiger charge is -2.30. The van der Waals surface area contributed by atoms with Gasteiger partial charge in [0.15, 0.2) is 5.78 Å². The lowest BCUT2D eigenvalue weighted by atomic mass is 9.91. The Balaban J connectivity index is 2.28. The Labute approximate surface area is 73.2 Å². The number of rotatable bonds is 5. The summed E-state index contributed by atoms with van der Waals surface area (Å²) in [5, 5.41) is 11.9. The molecule has 0 radical (unpaired) electrons. The van der Waals surface area contributed by atoms with E-state index in [0.29, 0.717) is 6.04 Å². The molecule has 3 nitrogen and oxygen atoms in total. The highest BCUT2D eigenvalue weighted by Gasteiger charge is 2.23. The fourth-order valence-electron chi connectivity index (χ4n) is 1.41. The number of carbonyl (C=O) groups is 1. The SMILES string of the molecule is CC[C@@H](NC1CCC1)C(=O)CO. The van der Waals surface area contributed by atoms with E-state index < -0.39 is 0 Å². The summed E-state index contributed by atoms with van der Waals surface area (Å²) in [7, 11) is 0. The molecule has 1 saturated carbocycles. The van der Waals surface area contributed by atoms with Crippen LogP contribution in [0.3, 0.4) is 0 Å². The zero-order valence-electron chi connectivity index (χ0n) is 7.55. The molecule has 0 heterocycles. The molecule has 1 aliphatic rings. The van der Waals surface area contributed by atoms with Crippen molar-refractivity contribution in [1.29, 1.82) is 0 Å². The fourth-order valence-corrected chi connectivity index (χ4v) is 1.41. The maximum absolute atomic E-state index is 11.1. The molecule has 2 N–H and O–H groups in total. The second kappa shape index (κ2) is 4.58. The smallest absolute Gasteiger partial charge is 0.174 e. The van der Waals surface area contributed by atoms with Gasteiger partial charge < -0.3 is 10.4 Å². The van der Waals surface area contributed by atoms with Gasteiger partial charge in [-0.15, -0.1) is 0 Å². The first-order chi connectivity index (χ1) is 5.77. The molecular weight excluding hydrogens is 154 g/mol. The Kier molecular flexibility index (Phi) is 3.69. The molecule has 0 unspecified atom stereocenters. The van der Waals surface area contributed by atoms with Crippen molar-refractivity contribution in [2.24, 2.45) is 0 Å². The van der Waals surface area contributed by atoms with Gasteiger partial charge in [0, 0.05) is 6.04 Å². The number of carbonyl (C=O) groups excluding carboxylic acids is 1. The topological polar surface area (TPSA) is 49.3 Å². The summed E-state index contributed by atoms with van der Waals surface area (Å²) in [6, 6.07) is 0.394. The molecule has 12 heavy (non-hydrogen) atoms. The zero-order valence-corrected chi connectivity index (χ0v) is 7.55. The highest BCUT2D eigenvalue weighted by molar-refractivity contribution is 5.84. The van der Waals surface area contributed by atoms with Crippen LogP contribution in [0.2, 0.25) is 0 Å². The van der Waals surface area contributed by atoms with Crippen molar-refractivity contribution in [3.05, 3.63) is 0 Å². The highest BCUT2D eigenvalue weighted by Crippen LogP contribution is 2.19. The van der Waals surface area contributed by atoms with E-state index in [1.165, 1.54) is 19.3 Å². The molecule has 70 valence electrons. The summed E-state index contributed by atoms with van der Waals surface area (Å²) in [6.45, 7) is 1.63. The average molecular weight is 171 g/mol. The Morgan fingerprint density at radius 2 is 2.33 bits per heavy atom. The van der Waals surface area contributed by atoms with Crippen molar-refractivity contribution in [3.8, 4) is 0 Å². The van der Waals surface area contributed by atoms with Crippen LogP contribution in [0.1, 0.15) is 32.6 Å². The Hall–Kier alpha value is -0.410. The summed E-state index contributed by atoms with van der Waals surface area (Å²) in [4.78, 5) is 11.1. The van der Waals surface area contributed by atoms with Crippen LogP contribution in [0.15, 0.2) is 0 Å². The number of hydrogen-bond donors (Lipinski definition) is 2. The molecular formula is C9H17NO2. The summed E-state index contributed by atoms with van der Waals surface area (Å²) in [5.74, 6) is -0.0793. The molecule has 0 amide bonds. The lowest BCUT2D eigenvalue weighted by Crippen LogP contribution is -2.46. The van der Waals surface area contributed by atoms with E-state index in [0.717, 1.165) is 6.42 Å². The second-order valence-corrected chi connectivity index (χ2v) is 3.38. The quantitative estimate of drug-likeness (QED) is 0.632. The predicted molar refractivity (Wildman–Crippen MR) is 46.9 cm³/mol. The van der Waals surface area contributed by atoms with Crippen LogP contribution in [-0.4, -0.2) is 29.6 Å². The normalized spacial score (nSPS) is 20.2. The largest absolute Gasteiger partial charge is 0.389 e. The van der Waals surface area contributed by atoms with Gasteiger partial charge in [-0.25, -0.2) is 0 Å². The van der Waals surface area contributed by atoms with Crippen molar-refractivity contribution in [1.82, 2.24) is 5.32 Å². The van der Waals surface area contributed by atoms with Gasteiger partial charge in [0.1, 0.15) is 6.61 Å². The number of aliphatic hydroxyl groups is 1. The van der Waals surface area contributed by atoms with Gasteiger partial charge in [-0.1, -0.05) is 13.3 Å². The minimum atomic E-state index is -0.335. The molecule has 0 saturated heterocycles. The molecule has 0 spiro atoms. The Morgan fingerprint density at radius 1 is 1.67 bits per heavy atom. The molecule has 1 fully saturated rings. The van der Waals surface area contributed by atoms with Crippen LogP contribution in [0.25, 0.3) is 0 Å². The number of ketones is 1. The van der Waals surface area contributed by atoms with E-state index in [1.54, 1.807) is 0 Å². The van der Waals surface area contributed by atoms with Crippen LogP contribution in [0.4, 0.5) is 0 Å². The van der Waals surface area contributed by atoms with Gasteiger partial charge in [0.25, 0.3) is 0 Å². The average Bonchev–Trinajstić information content (AvgIpc) is 2.02. The van der Waals surface area contributed by atoms with Crippen molar-refractivity contribution in [3.63, 3.8) is 0 Å². The van der Waals surface area contributed by atoms with E-state index in [9.17, 15) is 4.79 Å². The van der Waals surface area contributed by atoms with Crippen LogP contribution in [-0.2, 0) is 4.79 Å². The van der Waals surface area contributed by atoms with Gasteiger partial charge in [0.2, 0.25) is 0 Å². The molecule has 1 rings (SSSR count). The van der Waals surface area contributed by atoms with Gasteiger partial charge >= 0.3 is 0 Å². The van der Waals surface area contributed by atoms with Crippen molar-refractivity contribution < 1.29 is 9.90 Å². The lowest BCUT2D eigenvalue weighted by molar-refractivity contribution is -0.124. The Bertz CT molecular complexity index is 155. The van der Waals surface area contributed by atoms with Crippen LogP contribution >= 0.6 is 0 Å². The minimum Gasteiger partial charge on any atom is -0.389 e. The van der Waals surface area contributed by atoms with Gasteiger partial charge in [0.05, 0.1) is 6.04 Å². The van der Waals surface area contributed by atoms with E-state index in [4.69, 9.17) is 5.11 Å². The summed E-state index contributed by atoms with van der Waals surface area (Å²) in [5.41, 5.74) is 0. The molecule has 1 atom stereocenters. The van der Waals surface area contributed by atoms with Crippen LogP contribution < -0.4 is 5.32 Å². The molecule has 3 heteroatoms. The van der Waals surface area contributed by atoms with E-state index >= 15 is 0 Å². The van der Waals surface area contributed by atoms with E-state index in [2.05, 4.69) is 5.32 Å². The maximum atomic E-state index is 11.1. The zero-order chi connectivity index (χ0) is 8.97. The molecule has 0 aliphatic heterocycles. The highest BCUT2D eigenvalue weighted by atomic mass is 16.3. The van der Waals surface area contributed by atoms with Crippen LogP contribution in [0.5, 0.6) is 0 Å². The van der Waals surface area contributed by atoms with Crippen LogP contribution in [0, 0.1) is 0 Å². The second-order valence-electron chi connectivity index (χ2n) is 3.38. The first-order valence-corrected chi connectivity index (χ1v) is 4.67. The number of nitrogens with one attached hydrogen (secondary N) is 1. The number of aliphatic hydroxyl groups excluding tert-OH is 1. The minimum absolute atomic E-state index is 0.0793. The molecule has 0 aromatic carbocycles. The third-order valence-electron chi connectivity index (χ3n) is 2.49. The van der Waals surface area contributed by atoms with Crippen molar-refractivity contribution in [2.75, 3.05) is 6.61 Å². The first kappa shape index (κ1) is 9.68. The predicted octanol–water partition coefficient (Wildman–Crippen LogP) is 0.468. The third-order valence-corrected chi connectivity index (χ3v) is 2.49. The standard InChI is InChI=1S/C9H17NO2/c1-2-8(9(12)6-11)10-7-4-3-5-7/h7-8,10-11H,2-6H2,1H3/t8-/m1/s1. The van der Waals surface area contributed by atoms with Gasteiger partial charge in [-0.2, -0.15) is 0 Å². The molecule has 0 bridgehead atoms. The van der Waals surface area contributed by atoms with Crippen molar-refractivity contribution in [2.45, 2.75) is 44.7 Å².